The standard InChI is InChI=1S/C24H28O10/c1-14(25)31-13-22(34-19-10-8-7-9-18(19)28-4)23(32-15(2)26)17-11-20(29-5)24(33-16(3)27)21(12-17)30-6/h7-12,22-23H,13H2,1-6H3/t22-,23-/m1/s1. The van der Waals surface area contributed by atoms with E-state index in [1.807, 2.05) is 0 Å². The van der Waals surface area contributed by atoms with Crippen molar-refractivity contribution in [3.63, 3.8) is 0 Å². The Labute approximate surface area is 197 Å². The highest BCUT2D eigenvalue weighted by molar-refractivity contribution is 5.72. The van der Waals surface area contributed by atoms with E-state index in [1.54, 1.807) is 24.3 Å². The van der Waals surface area contributed by atoms with Crippen LogP contribution in [0, 0.1) is 0 Å². The Hall–Kier alpha value is -3.95. The van der Waals surface area contributed by atoms with Gasteiger partial charge in [-0.05, 0) is 24.3 Å². The Kier molecular flexibility index (Phi) is 9.54. The first-order valence-corrected chi connectivity index (χ1v) is 10.2. The van der Waals surface area contributed by atoms with Gasteiger partial charge in [0.05, 0.1) is 21.3 Å². The molecule has 0 unspecified atom stereocenters. The van der Waals surface area contributed by atoms with Crippen LogP contribution in [-0.2, 0) is 23.9 Å². The maximum absolute atomic E-state index is 12.0. The van der Waals surface area contributed by atoms with E-state index in [-0.39, 0.29) is 23.9 Å². The number of rotatable bonds is 11. The summed E-state index contributed by atoms with van der Waals surface area (Å²) in [6.45, 7) is 3.48. The average Bonchev–Trinajstić information content (AvgIpc) is 2.80. The quantitative estimate of drug-likeness (QED) is 0.353. The summed E-state index contributed by atoms with van der Waals surface area (Å²) >= 11 is 0. The van der Waals surface area contributed by atoms with Crippen molar-refractivity contribution >= 4 is 17.9 Å². The number of hydrogen-bond donors (Lipinski definition) is 0. The highest BCUT2D eigenvalue weighted by Gasteiger charge is 2.32. The number of methoxy groups -OCH3 is 3. The summed E-state index contributed by atoms with van der Waals surface area (Å²) in [6, 6.07) is 9.89. The Morgan fingerprint density at radius 2 is 1.32 bits per heavy atom. The fraction of sp³-hybridized carbons (Fsp3) is 0.375. The molecule has 2 rings (SSSR count). The number of esters is 3. The number of hydrogen-bond acceptors (Lipinski definition) is 10. The van der Waals surface area contributed by atoms with Crippen LogP contribution < -0.4 is 23.7 Å². The van der Waals surface area contributed by atoms with Crippen molar-refractivity contribution in [2.45, 2.75) is 33.0 Å². The highest BCUT2D eigenvalue weighted by atomic mass is 16.6. The van der Waals surface area contributed by atoms with Crippen LogP contribution in [0.15, 0.2) is 36.4 Å². The molecular weight excluding hydrogens is 448 g/mol. The van der Waals surface area contributed by atoms with Gasteiger partial charge in [0.25, 0.3) is 0 Å². The van der Waals surface area contributed by atoms with Crippen molar-refractivity contribution in [1.82, 2.24) is 0 Å². The molecule has 0 aliphatic heterocycles. The first kappa shape index (κ1) is 26.3. The van der Waals surface area contributed by atoms with Gasteiger partial charge < -0.3 is 33.2 Å². The first-order chi connectivity index (χ1) is 16.2. The molecule has 2 atom stereocenters. The smallest absolute Gasteiger partial charge is 0.308 e. The molecule has 34 heavy (non-hydrogen) atoms. The molecule has 10 heteroatoms. The lowest BCUT2D eigenvalue weighted by molar-refractivity contribution is -0.157. The summed E-state index contributed by atoms with van der Waals surface area (Å²) in [7, 11) is 4.25. The summed E-state index contributed by atoms with van der Waals surface area (Å²) in [5.41, 5.74) is 0.381. The van der Waals surface area contributed by atoms with Crippen LogP contribution in [0.25, 0.3) is 0 Å². The molecule has 0 radical (unpaired) electrons. The monoisotopic (exact) mass is 476 g/mol. The van der Waals surface area contributed by atoms with Gasteiger partial charge in [0, 0.05) is 26.3 Å². The lowest BCUT2D eigenvalue weighted by Crippen LogP contribution is -2.34. The molecule has 0 amide bonds. The summed E-state index contributed by atoms with van der Waals surface area (Å²) in [4.78, 5) is 35.1. The third kappa shape index (κ3) is 7.03. The molecule has 0 saturated heterocycles. The summed E-state index contributed by atoms with van der Waals surface area (Å²) in [6.07, 6.45) is -2.06. The summed E-state index contributed by atoms with van der Waals surface area (Å²) in [5, 5.41) is 0. The minimum absolute atomic E-state index is 0.0602. The van der Waals surface area contributed by atoms with E-state index in [9.17, 15) is 14.4 Å². The van der Waals surface area contributed by atoms with Gasteiger partial charge in [-0.2, -0.15) is 0 Å². The Morgan fingerprint density at radius 1 is 0.765 bits per heavy atom. The molecule has 0 bridgehead atoms. The SMILES string of the molecule is COc1ccccc1O[C@H](COC(C)=O)[C@H](OC(C)=O)c1cc(OC)c(OC(C)=O)c(OC)c1. The van der Waals surface area contributed by atoms with Crippen molar-refractivity contribution in [1.29, 1.82) is 0 Å². The predicted molar refractivity (Wildman–Crippen MR) is 119 cm³/mol. The lowest BCUT2D eigenvalue weighted by atomic mass is 10.0. The lowest BCUT2D eigenvalue weighted by Gasteiger charge is -2.28. The molecular formula is C24H28O10. The van der Waals surface area contributed by atoms with Crippen molar-refractivity contribution in [2.24, 2.45) is 0 Å². The van der Waals surface area contributed by atoms with Crippen molar-refractivity contribution in [3.8, 4) is 28.7 Å². The second-order valence-electron chi connectivity index (χ2n) is 6.99. The molecule has 10 nitrogen and oxygen atoms in total. The van der Waals surface area contributed by atoms with Gasteiger partial charge in [-0.1, -0.05) is 12.1 Å². The second-order valence-corrected chi connectivity index (χ2v) is 6.99. The van der Waals surface area contributed by atoms with Gasteiger partial charge in [-0.25, -0.2) is 0 Å². The zero-order valence-corrected chi connectivity index (χ0v) is 19.9. The summed E-state index contributed by atoms with van der Waals surface area (Å²) < 4.78 is 38.2. The maximum Gasteiger partial charge on any atom is 0.308 e. The molecule has 2 aromatic carbocycles. The second kappa shape index (κ2) is 12.3. The normalized spacial score (nSPS) is 12.1. The molecule has 0 N–H and O–H groups in total. The zero-order chi connectivity index (χ0) is 25.3. The molecule has 0 spiro atoms. The fourth-order valence-electron chi connectivity index (χ4n) is 3.11. The molecule has 184 valence electrons. The molecule has 2 aromatic rings. The van der Waals surface area contributed by atoms with Gasteiger partial charge in [0.15, 0.2) is 35.2 Å². The van der Waals surface area contributed by atoms with Crippen LogP contribution in [0.1, 0.15) is 32.4 Å². The van der Waals surface area contributed by atoms with E-state index in [2.05, 4.69) is 0 Å². The van der Waals surface area contributed by atoms with E-state index >= 15 is 0 Å². The zero-order valence-electron chi connectivity index (χ0n) is 19.9. The van der Waals surface area contributed by atoms with Gasteiger partial charge in [0.2, 0.25) is 5.75 Å². The van der Waals surface area contributed by atoms with Crippen LogP contribution in [-0.4, -0.2) is 51.9 Å². The maximum atomic E-state index is 12.0. The van der Waals surface area contributed by atoms with Crippen LogP contribution in [0.2, 0.25) is 0 Å². The molecule has 0 saturated carbocycles. The number of para-hydroxylation sites is 2. The first-order valence-electron chi connectivity index (χ1n) is 10.2. The van der Waals surface area contributed by atoms with Gasteiger partial charge in [-0.15, -0.1) is 0 Å². The van der Waals surface area contributed by atoms with E-state index in [0.29, 0.717) is 17.1 Å². The van der Waals surface area contributed by atoms with E-state index in [1.165, 1.54) is 54.2 Å². The Balaban J connectivity index is 2.60. The molecule has 0 fully saturated rings. The molecule has 0 heterocycles. The number of carbonyl (C=O) groups excluding carboxylic acids is 3. The largest absolute Gasteiger partial charge is 0.493 e. The topological polar surface area (TPSA) is 116 Å². The van der Waals surface area contributed by atoms with Gasteiger partial charge in [0.1, 0.15) is 6.61 Å². The molecule has 0 aliphatic rings. The Bertz CT molecular complexity index is 992. The van der Waals surface area contributed by atoms with Gasteiger partial charge in [-0.3, -0.25) is 14.4 Å². The third-order valence-electron chi connectivity index (χ3n) is 4.49. The third-order valence-corrected chi connectivity index (χ3v) is 4.49. The van der Waals surface area contributed by atoms with E-state index < -0.39 is 30.1 Å². The van der Waals surface area contributed by atoms with Crippen LogP contribution >= 0.6 is 0 Å². The number of carbonyl (C=O) groups is 3. The van der Waals surface area contributed by atoms with E-state index in [4.69, 9.17) is 33.2 Å². The van der Waals surface area contributed by atoms with E-state index in [0.717, 1.165) is 0 Å². The summed E-state index contributed by atoms with van der Waals surface area (Å²) in [5.74, 6) is -0.584. The van der Waals surface area contributed by atoms with Crippen molar-refractivity contribution in [3.05, 3.63) is 42.0 Å². The minimum atomic E-state index is -1.07. The fourth-order valence-corrected chi connectivity index (χ4v) is 3.11. The highest BCUT2D eigenvalue weighted by Crippen LogP contribution is 2.42. The van der Waals surface area contributed by atoms with Crippen LogP contribution in [0.3, 0.4) is 0 Å². The van der Waals surface area contributed by atoms with Crippen molar-refractivity contribution in [2.75, 3.05) is 27.9 Å². The predicted octanol–water partition coefficient (Wildman–Crippen LogP) is 3.25. The average molecular weight is 476 g/mol. The minimum Gasteiger partial charge on any atom is -0.493 e. The number of ether oxygens (including phenoxy) is 7. The molecule has 0 aliphatic carbocycles. The molecule has 0 aromatic heterocycles. The van der Waals surface area contributed by atoms with Crippen LogP contribution in [0.4, 0.5) is 0 Å². The van der Waals surface area contributed by atoms with Crippen LogP contribution in [0.5, 0.6) is 28.7 Å². The number of benzene rings is 2. The van der Waals surface area contributed by atoms with Gasteiger partial charge >= 0.3 is 17.9 Å². The Morgan fingerprint density at radius 3 is 1.79 bits per heavy atom. The van der Waals surface area contributed by atoms with Crippen molar-refractivity contribution < 1.29 is 47.5 Å².